The van der Waals surface area contributed by atoms with Gasteiger partial charge in [-0.05, 0) is 25.1 Å². The molecule has 27 heavy (non-hydrogen) atoms. The van der Waals surface area contributed by atoms with Crippen LogP contribution in [0.1, 0.15) is 18.2 Å². The molecular weight excluding hydrogens is 401 g/mol. The van der Waals surface area contributed by atoms with E-state index < -0.39 is 28.5 Å². The van der Waals surface area contributed by atoms with Gasteiger partial charge in [0.2, 0.25) is 0 Å². The van der Waals surface area contributed by atoms with Crippen molar-refractivity contribution in [2.75, 3.05) is 12.9 Å². The maximum Gasteiger partial charge on any atom is 0.416 e. The fourth-order valence-corrected chi connectivity index (χ4v) is 4.59. The molecule has 2 aromatic rings. The molecule has 0 bridgehead atoms. The molecule has 0 saturated heterocycles. The molecule has 0 spiro atoms. The standard InChI is InChI=1S/C17H15F3N2O3S2/c1-9(15(24)25-2)27-16-21-12-6-7-26-13(12)14(23)22(16)11-5-3-4-10(8-11)17(18,19)20/h3-5,8-9H,6-7H2,1-2H3. The van der Waals surface area contributed by atoms with Gasteiger partial charge >= 0.3 is 12.1 Å². The maximum absolute atomic E-state index is 13.1. The van der Waals surface area contributed by atoms with Crippen LogP contribution in [0.15, 0.2) is 39.1 Å². The zero-order chi connectivity index (χ0) is 19.8. The first-order valence-electron chi connectivity index (χ1n) is 7.93. The summed E-state index contributed by atoms with van der Waals surface area (Å²) in [4.78, 5) is 29.6. The van der Waals surface area contributed by atoms with E-state index in [2.05, 4.69) is 9.72 Å². The van der Waals surface area contributed by atoms with Crippen molar-refractivity contribution < 1.29 is 22.7 Å². The van der Waals surface area contributed by atoms with Crippen LogP contribution in [-0.2, 0) is 22.1 Å². The van der Waals surface area contributed by atoms with Gasteiger partial charge in [0.1, 0.15) is 5.25 Å². The minimum atomic E-state index is -4.54. The van der Waals surface area contributed by atoms with E-state index in [1.165, 1.54) is 31.0 Å². The average molecular weight is 416 g/mol. The lowest BCUT2D eigenvalue weighted by Crippen LogP contribution is -2.26. The number of benzene rings is 1. The monoisotopic (exact) mass is 416 g/mol. The van der Waals surface area contributed by atoms with Gasteiger partial charge < -0.3 is 4.74 Å². The quantitative estimate of drug-likeness (QED) is 0.432. The predicted molar refractivity (Wildman–Crippen MR) is 96.6 cm³/mol. The summed E-state index contributed by atoms with van der Waals surface area (Å²) in [6.45, 7) is 1.58. The second kappa shape index (κ2) is 7.59. The molecule has 1 atom stereocenters. The number of fused-ring (bicyclic) bond motifs is 1. The molecule has 144 valence electrons. The van der Waals surface area contributed by atoms with Crippen molar-refractivity contribution in [3.8, 4) is 5.69 Å². The lowest BCUT2D eigenvalue weighted by atomic mass is 10.2. The fourth-order valence-electron chi connectivity index (χ4n) is 2.59. The van der Waals surface area contributed by atoms with Gasteiger partial charge in [-0.25, -0.2) is 4.98 Å². The molecule has 1 aromatic carbocycles. The molecule has 1 aliphatic heterocycles. The smallest absolute Gasteiger partial charge is 0.416 e. The van der Waals surface area contributed by atoms with Crippen LogP contribution in [0.5, 0.6) is 0 Å². The first-order chi connectivity index (χ1) is 12.7. The molecule has 10 heteroatoms. The number of nitrogens with zero attached hydrogens (tertiary/aromatic N) is 2. The Labute approximate surface area is 161 Å². The molecule has 1 unspecified atom stereocenters. The van der Waals surface area contributed by atoms with Gasteiger partial charge in [-0.15, -0.1) is 11.8 Å². The van der Waals surface area contributed by atoms with E-state index in [0.717, 1.165) is 28.5 Å². The van der Waals surface area contributed by atoms with Crippen molar-refractivity contribution in [2.45, 2.75) is 34.8 Å². The topological polar surface area (TPSA) is 61.2 Å². The van der Waals surface area contributed by atoms with Crippen LogP contribution in [0.25, 0.3) is 5.69 Å². The van der Waals surface area contributed by atoms with E-state index >= 15 is 0 Å². The number of halogens is 3. The highest BCUT2D eigenvalue weighted by molar-refractivity contribution is 8.00. The van der Waals surface area contributed by atoms with Crippen LogP contribution in [0.3, 0.4) is 0 Å². The number of ether oxygens (including phenoxy) is 1. The molecule has 0 radical (unpaired) electrons. The molecule has 0 saturated carbocycles. The SMILES string of the molecule is COC(=O)C(C)Sc1nc2c(c(=O)n1-c1cccc(C(F)(F)F)c1)SCC2. The second-order valence-electron chi connectivity index (χ2n) is 5.74. The van der Waals surface area contributed by atoms with Crippen molar-refractivity contribution >= 4 is 29.5 Å². The van der Waals surface area contributed by atoms with Gasteiger partial charge in [-0.2, -0.15) is 13.2 Å². The van der Waals surface area contributed by atoms with E-state index in [-0.39, 0.29) is 10.8 Å². The summed E-state index contributed by atoms with van der Waals surface area (Å²) in [6.07, 6.45) is -3.94. The number of hydrogen-bond donors (Lipinski definition) is 0. The van der Waals surface area contributed by atoms with Gasteiger partial charge in [0.15, 0.2) is 5.16 Å². The number of esters is 1. The molecule has 0 N–H and O–H groups in total. The first kappa shape index (κ1) is 19.8. The Balaban J connectivity index is 2.16. The van der Waals surface area contributed by atoms with Gasteiger partial charge in [0.05, 0.1) is 29.0 Å². The third-order valence-corrected chi connectivity index (χ3v) is 6.05. The third-order valence-electron chi connectivity index (χ3n) is 3.91. The molecular formula is C17H15F3N2O3S2. The van der Waals surface area contributed by atoms with Gasteiger partial charge in [0, 0.05) is 12.2 Å². The highest BCUT2D eigenvalue weighted by Gasteiger charge is 2.31. The zero-order valence-electron chi connectivity index (χ0n) is 14.4. The Morgan fingerprint density at radius 3 is 2.81 bits per heavy atom. The van der Waals surface area contributed by atoms with Gasteiger partial charge in [-0.1, -0.05) is 17.8 Å². The van der Waals surface area contributed by atoms with Gasteiger partial charge in [0.25, 0.3) is 5.56 Å². The lowest BCUT2D eigenvalue weighted by Gasteiger charge is -2.17. The summed E-state index contributed by atoms with van der Waals surface area (Å²) >= 11 is 2.31. The first-order valence-corrected chi connectivity index (χ1v) is 9.79. The normalized spacial score (nSPS) is 14.7. The molecule has 3 rings (SSSR count). The Kier molecular flexibility index (Phi) is 5.57. The summed E-state index contributed by atoms with van der Waals surface area (Å²) in [7, 11) is 1.24. The number of aromatic nitrogens is 2. The molecule has 0 fully saturated rings. The number of methoxy groups -OCH3 is 1. The van der Waals surface area contributed by atoms with Gasteiger partial charge in [-0.3, -0.25) is 14.2 Å². The highest BCUT2D eigenvalue weighted by Crippen LogP contribution is 2.33. The highest BCUT2D eigenvalue weighted by atomic mass is 32.2. The van der Waals surface area contributed by atoms with E-state index in [9.17, 15) is 22.8 Å². The third kappa shape index (κ3) is 4.01. The Morgan fingerprint density at radius 2 is 2.15 bits per heavy atom. The van der Waals surface area contributed by atoms with E-state index in [0.29, 0.717) is 22.8 Å². The van der Waals surface area contributed by atoms with Crippen LogP contribution in [0.4, 0.5) is 13.2 Å². The molecule has 0 aliphatic carbocycles. The maximum atomic E-state index is 13.1. The van der Waals surface area contributed by atoms with Crippen LogP contribution in [0, 0.1) is 0 Å². The summed E-state index contributed by atoms with van der Waals surface area (Å²) in [5.74, 6) is 0.167. The summed E-state index contributed by atoms with van der Waals surface area (Å²) < 4.78 is 45.1. The molecule has 1 aliphatic rings. The van der Waals surface area contributed by atoms with E-state index in [1.54, 1.807) is 6.92 Å². The fraction of sp³-hybridized carbons (Fsp3) is 0.353. The van der Waals surface area contributed by atoms with Crippen LogP contribution in [-0.4, -0.2) is 33.6 Å². The number of carbonyl (C=O) groups excluding carboxylic acids is 1. The van der Waals surface area contributed by atoms with Crippen molar-refractivity contribution in [2.24, 2.45) is 0 Å². The van der Waals surface area contributed by atoms with Crippen molar-refractivity contribution in [3.63, 3.8) is 0 Å². The van der Waals surface area contributed by atoms with Crippen molar-refractivity contribution in [1.82, 2.24) is 9.55 Å². The summed E-state index contributed by atoms with van der Waals surface area (Å²) in [5.41, 5.74) is -0.636. The van der Waals surface area contributed by atoms with Crippen LogP contribution < -0.4 is 5.56 Å². The molecule has 5 nitrogen and oxygen atoms in total. The number of hydrogen-bond acceptors (Lipinski definition) is 6. The van der Waals surface area contributed by atoms with E-state index in [1.807, 2.05) is 0 Å². The minimum Gasteiger partial charge on any atom is -0.468 e. The number of alkyl halides is 3. The number of aryl methyl sites for hydroxylation is 1. The summed E-state index contributed by atoms with van der Waals surface area (Å²) in [5, 5.41) is -0.510. The average Bonchev–Trinajstić information content (AvgIpc) is 3.09. The Hall–Kier alpha value is -1.94. The number of carbonyl (C=O) groups is 1. The number of rotatable bonds is 4. The largest absolute Gasteiger partial charge is 0.468 e. The minimum absolute atomic E-state index is 0.0530. The summed E-state index contributed by atoms with van der Waals surface area (Å²) in [6, 6.07) is 4.50. The predicted octanol–water partition coefficient (Wildman–Crippen LogP) is 3.55. The number of thioether (sulfide) groups is 2. The Morgan fingerprint density at radius 1 is 1.41 bits per heavy atom. The van der Waals surface area contributed by atoms with Crippen molar-refractivity contribution in [3.05, 3.63) is 45.9 Å². The molecule has 0 amide bonds. The zero-order valence-corrected chi connectivity index (χ0v) is 16.0. The van der Waals surface area contributed by atoms with Crippen LogP contribution >= 0.6 is 23.5 Å². The van der Waals surface area contributed by atoms with Crippen molar-refractivity contribution in [1.29, 1.82) is 0 Å². The lowest BCUT2D eigenvalue weighted by molar-refractivity contribution is -0.139. The second-order valence-corrected chi connectivity index (χ2v) is 8.15. The molecule has 1 aromatic heterocycles. The Bertz CT molecular complexity index is 944. The molecule has 2 heterocycles. The van der Waals surface area contributed by atoms with Crippen LogP contribution in [0.2, 0.25) is 0 Å². The van der Waals surface area contributed by atoms with E-state index in [4.69, 9.17) is 0 Å².